The van der Waals surface area contributed by atoms with Gasteiger partial charge in [0.05, 0.1) is 4.92 Å². The molecule has 0 bridgehead atoms. The number of nitro benzene ring substituents is 1. The first-order chi connectivity index (χ1) is 8.00. The second-order valence-corrected chi connectivity index (χ2v) is 3.30. The van der Waals surface area contributed by atoms with Gasteiger partial charge in [0.2, 0.25) is 5.82 Å². The molecule has 0 unspecified atom stereocenters. The van der Waals surface area contributed by atoms with E-state index in [0.29, 0.717) is 0 Å². The molecule has 1 aromatic heterocycles. The van der Waals surface area contributed by atoms with Crippen LogP contribution in [0.15, 0.2) is 16.5 Å². The molecule has 0 spiro atoms. The fraction of sp³-hybridized carbons (Fsp3) is 0. The Hall–Kier alpha value is -2.16. The Kier molecular flexibility index (Phi) is 2.68. The standard InChI is InChI=1S/C8H3F2N3O3S/c9-3-1-2-4(13(14)15)6(10)5(3)7-11-12-8(17)16-7/h1-2H,(H,12,17). The first-order valence-corrected chi connectivity index (χ1v) is 4.60. The van der Waals surface area contributed by atoms with Gasteiger partial charge in [0.15, 0.2) is 0 Å². The van der Waals surface area contributed by atoms with Crippen molar-refractivity contribution in [3.05, 3.63) is 38.7 Å². The number of rotatable bonds is 2. The van der Waals surface area contributed by atoms with Gasteiger partial charge in [-0.3, -0.25) is 10.1 Å². The normalized spacial score (nSPS) is 10.5. The highest BCUT2D eigenvalue weighted by atomic mass is 32.1. The van der Waals surface area contributed by atoms with E-state index >= 15 is 0 Å². The lowest BCUT2D eigenvalue weighted by Gasteiger charge is -2.00. The van der Waals surface area contributed by atoms with Gasteiger partial charge in [-0.05, 0) is 18.3 Å². The van der Waals surface area contributed by atoms with Gasteiger partial charge in [0, 0.05) is 6.07 Å². The molecule has 0 fully saturated rings. The zero-order chi connectivity index (χ0) is 12.6. The van der Waals surface area contributed by atoms with Gasteiger partial charge < -0.3 is 4.42 Å². The van der Waals surface area contributed by atoms with Gasteiger partial charge in [0.25, 0.3) is 10.7 Å². The highest BCUT2D eigenvalue weighted by molar-refractivity contribution is 7.71. The molecule has 0 atom stereocenters. The SMILES string of the molecule is O=[N+]([O-])c1ccc(F)c(-c2n[nH]c(=S)o2)c1F. The fourth-order valence-corrected chi connectivity index (χ4v) is 1.34. The van der Waals surface area contributed by atoms with Crippen LogP contribution in [0.4, 0.5) is 14.5 Å². The predicted molar refractivity (Wildman–Crippen MR) is 53.7 cm³/mol. The van der Waals surface area contributed by atoms with Gasteiger partial charge in [0.1, 0.15) is 11.4 Å². The summed E-state index contributed by atoms with van der Waals surface area (Å²) in [6.07, 6.45) is 0. The minimum atomic E-state index is -1.36. The molecule has 1 aromatic carbocycles. The van der Waals surface area contributed by atoms with Crippen molar-refractivity contribution in [2.24, 2.45) is 0 Å². The number of nitrogens with zero attached hydrogens (tertiary/aromatic N) is 2. The van der Waals surface area contributed by atoms with E-state index in [1.165, 1.54) is 0 Å². The molecule has 1 heterocycles. The van der Waals surface area contributed by atoms with Crippen molar-refractivity contribution in [2.45, 2.75) is 0 Å². The molecule has 0 amide bonds. The summed E-state index contributed by atoms with van der Waals surface area (Å²) in [6, 6.07) is 1.47. The molecule has 0 aliphatic rings. The Labute approximate surface area is 97.0 Å². The number of aromatic amines is 1. The summed E-state index contributed by atoms with van der Waals surface area (Å²) in [5.74, 6) is -2.87. The average molecular weight is 259 g/mol. The number of aromatic nitrogens is 2. The zero-order valence-corrected chi connectivity index (χ0v) is 8.75. The molecule has 2 aromatic rings. The zero-order valence-electron chi connectivity index (χ0n) is 7.94. The van der Waals surface area contributed by atoms with Crippen LogP contribution in [0.1, 0.15) is 0 Å². The summed E-state index contributed by atoms with van der Waals surface area (Å²) in [5.41, 5.74) is -1.60. The van der Waals surface area contributed by atoms with Gasteiger partial charge in [-0.25, -0.2) is 9.49 Å². The van der Waals surface area contributed by atoms with Crippen LogP contribution in [0.2, 0.25) is 0 Å². The minimum Gasteiger partial charge on any atom is -0.409 e. The maximum absolute atomic E-state index is 13.6. The number of hydrogen-bond acceptors (Lipinski definition) is 5. The first-order valence-electron chi connectivity index (χ1n) is 4.19. The molecule has 0 saturated carbocycles. The molecule has 0 saturated heterocycles. The number of nitrogens with one attached hydrogen (secondary N) is 1. The molecule has 0 aliphatic heterocycles. The van der Waals surface area contributed by atoms with Gasteiger partial charge in [-0.1, -0.05) is 0 Å². The molecule has 2 rings (SSSR count). The van der Waals surface area contributed by atoms with Crippen LogP contribution >= 0.6 is 12.2 Å². The summed E-state index contributed by atoms with van der Waals surface area (Å²) in [7, 11) is 0. The average Bonchev–Trinajstić information content (AvgIpc) is 2.64. The topological polar surface area (TPSA) is 85.0 Å². The lowest BCUT2D eigenvalue weighted by Crippen LogP contribution is -1.97. The van der Waals surface area contributed by atoms with E-state index in [9.17, 15) is 18.9 Å². The maximum Gasteiger partial charge on any atom is 0.305 e. The third kappa shape index (κ3) is 1.91. The van der Waals surface area contributed by atoms with Crippen molar-refractivity contribution in [1.29, 1.82) is 0 Å². The van der Waals surface area contributed by atoms with Crippen LogP contribution in [-0.2, 0) is 0 Å². The minimum absolute atomic E-state index is 0.190. The van der Waals surface area contributed by atoms with Crippen LogP contribution in [0.3, 0.4) is 0 Å². The van der Waals surface area contributed by atoms with E-state index < -0.39 is 33.7 Å². The van der Waals surface area contributed by atoms with Crippen LogP contribution < -0.4 is 0 Å². The molecule has 1 N–H and O–H groups in total. The summed E-state index contributed by atoms with van der Waals surface area (Å²) >= 11 is 4.54. The van der Waals surface area contributed by atoms with E-state index in [4.69, 9.17) is 4.42 Å². The van der Waals surface area contributed by atoms with Crippen LogP contribution in [-0.4, -0.2) is 15.1 Å². The third-order valence-corrected chi connectivity index (χ3v) is 2.09. The number of H-pyrrole nitrogens is 1. The molecule has 0 radical (unpaired) electrons. The maximum atomic E-state index is 13.6. The second-order valence-electron chi connectivity index (χ2n) is 2.93. The number of hydrogen-bond donors (Lipinski definition) is 1. The van der Waals surface area contributed by atoms with E-state index in [1.54, 1.807) is 0 Å². The van der Waals surface area contributed by atoms with Crippen molar-refractivity contribution >= 4 is 17.9 Å². The Morgan fingerprint density at radius 3 is 2.71 bits per heavy atom. The molecular formula is C8H3F2N3O3S. The molecule has 9 heteroatoms. The smallest absolute Gasteiger partial charge is 0.305 e. The van der Waals surface area contributed by atoms with E-state index in [1.807, 2.05) is 0 Å². The molecule has 88 valence electrons. The number of benzene rings is 1. The number of halogens is 2. The van der Waals surface area contributed by atoms with Crippen molar-refractivity contribution < 1.29 is 18.1 Å². The van der Waals surface area contributed by atoms with Crippen molar-refractivity contribution in [2.75, 3.05) is 0 Å². The van der Waals surface area contributed by atoms with E-state index in [2.05, 4.69) is 22.4 Å². The van der Waals surface area contributed by atoms with E-state index in [0.717, 1.165) is 12.1 Å². The van der Waals surface area contributed by atoms with Crippen molar-refractivity contribution in [1.82, 2.24) is 10.2 Å². The fourth-order valence-electron chi connectivity index (χ4n) is 1.22. The van der Waals surface area contributed by atoms with Gasteiger partial charge in [-0.2, -0.15) is 4.39 Å². The van der Waals surface area contributed by atoms with Crippen molar-refractivity contribution in [3.63, 3.8) is 0 Å². The van der Waals surface area contributed by atoms with Gasteiger partial charge >= 0.3 is 5.69 Å². The van der Waals surface area contributed by atoms with Gasteiger partial charge in [-0.15, -0.1) is 5.10 Å². The lowest BCUT2D eigenvalue weighted by molar-refractivity contribution is -0.387. The molecule has 6 nitrogen and oxygen atoms in total. The summed E-state index contributed by atoms with van der Waals surface area (Å²) in [6.45, 7) is 0. The second kappa shape index (κ2) is 4.01. The third-order valence-electron chi connectivity index (χ3n) is 1.92. The highest BCUT2D eigenvalue weighted by Gasteiger charge is 2.25. The molecule has 17 heavy (non-hydrogen) atoms. The largest absolute Gasteiger partial charge is 0.409 e. The molecule has 0 aliphatic carbocycles. The Morgan fingerprint density at radius 2 is 2.18 bits per heavy atom. The monoisotopic (exact) mass is 259 g/mol. The van der Waals surface area contributed by atoms with Crippen LogP contribution in [0.5, 0.6) is 0 Å². The van der Waals surface area contributed by atoms with Crippen molar-refractivity contribution in [3.8, 4) is 11.5 Å². The highest BCUT2D eigenvalue weighted by Crippen LogP contribution is 2.30. The predicted octanol–water partition coefficient (Wildman–Crippen LogP) is 2.59. The summed E-state index contributed by atoms with van der Waals surface area (Å²) < 4.78 is 31.7. The summed E-state index contributed by atoms with van der Waals surface area (Å²) in [5, 5.41) is 16.1. The van der Waals surface area contributed by atoms with Crippen LogP contribution in [0, 0.1) is 26.6 Å². The Morgan fingerprint density at radius 1 is 1.47 bits per heavy atom. The quantitative estimate of drug-likeness (QED) is 0.509. The Balaban J connectivity index is 2.72. The summed E-state index contributed by atoms with van der Waals surface area (Å²) in [4.78, 5) is 9.32. The Bertz CT molecular complexity index is 652. The molecular weight excluding hydrogens is 256 g/mol. The first kappa shape index (κ1) is 11.3. The number of nitro groups is 1. The van der Waals surface area contributed by atoms with Crippen LogP contribution in [0.25, 0.3) is 11.5 Å². The van der Waals surface area contributed by atoms with E-state index in [-0.39, 0.29) is 4.84 Å². The lowest BCUT2D eigenvalue weighted by atomic mass is 10.1.